The summed E-state index contributed by atoms with van der Waals surface area (Å²) in [6.07, 6.45) is -4.36. The van der Waals surface area contributed by atoms with Crippen LogP contribution in [0.2, 0.25) is 5.02 Å². The highest BCUT2D eigenvalue weighted by atomic mass is 35.5. The second-order valence-electron chi connectivity index (χ2n) is 3.75. The SMILES string of the molecule is CCN(CC(F)(F)F)c1cccc(Cl)c1C(N)=NO. The summed E-state index contributed by atoms with van der Waals surface area (Å²) in [4.78, 5) is 1.05. The van der Waals surface area contributed by atoms with Gasteiger partial charge in [-0.3, -0.25) is 0 Å². The van der Waals surface area contributed by atoms with E-state index in [0.717, 1.165) is 4.90 Å². The van der Waals surface area contributed by atoms with Gasteiger partial charge in [0, 0.05) is 12.2 Å². The van der Waals surface area contributed by atoms with E-state index < -0.39 is 12.7 Å². The largest absolute Gasteiger partial charge is 0.409 e. The second-order valence-corrected chi connectivity index (χ2v) is 4.16. The first-order valence-electron chi connectivity index (χ1n) is 5.38. The molecule has 8 heteroatoms. The van der Waals surface area contributed by atoms with E-state index in [4.69, 9.17) is 22.5 Å². The number of hydrogen-bond acceptors (Lipinski definition) is 3. The molecule has 1 aromatic rings. The predicted molar refractivity (Wildman–Crippen MR) is 67.9 cm³/mol. The Bertz CT molecular complexity index is 477. The highest BCUT2D eigenvalue weighted by Crippen LogP contribution is 2.29. The third-order valence-electron chi connectivity index (χ3n) is 2.45. The van der Waals surface area contributed by atoms with Crippen LogP contribution in [0.3, 0.4) is 0 Å². The molecule has 0 saturated heterocycles. The van der Waals surface area contributed by atoms with Crippen LogP contribution in [0, 0.1) is 0 Å². The number of anilines is 1. The van der Waals surface area contributed by atoms with E-state index in [9.17, 15) is 13.2 Å². The van der Waals surface area contributed by atoms with Crippen molar-refractivity contribution in [2.45, 2.75) is 13.1 Å². The Morgan fingerprint density at radius 2 is 2.11 bits per heavy atom. The molecule has 4 nitrogen and oxygen atoms in total. The lowest BCUT2D eigenvalue weighted by Gasteiger charge is -2.26. The van der Waals surface area contributed by atoms with Crippen molar-refractivity contribution < 1.29 is 18.4 Å². The van der Waals surface area contributed by atoms with E-state index in [1.165, 1.54) is 18.2 Å². The lowest BCUT2D eigenvalue weighted by molar-refractivity contribution is -0.119. The molecule has 0 saturated carbocycles. The lowest BCUT2D eigenvalue weighted by atomic mass is 10.1. The summed E-state index contributed by atoms with van der Waals surface area (Å²) in [5.74, 6) is -0.332. The van der Waals surface area contributed by atoms with Crippen molar-refractivity contribution in [3.8, 4) is 0 Å². The molecule has 0 aromatic heterocycles. The lowest BCUT2D eigenvalue weighted by Crippen LogP contribution is -2.35. The third-order valence-corrected chi connectivity index (χ3v) is 2.76. The molecule has 0 atom stereocenters. The van der Waals surface area contributed by atoms with Crippen LogP contribution in [0.5, 0.6) is 0 Å². The van der Waals surface area contributed by atoms with Crippen molar-refractivity contribution in [1.29, 1.82) is 0 Å². The minimum absolute atomic E-state index is 0.0813. The van der Waals surface area contributed by atoms with Gasteiger partial charge in [0.05, 0.1) is 10.6 Å². The molecule has 0 heterocycles. The number of nitrogens with two attached hydrogens (primary N) is 1. The number of benzene rings is 1. The molecular weight excluding hydrogens is 283 g/mol. The molecule has 0 amide bonds. The van der Waals surface area contributed by atoms with E-state index in [1.54, 1.807) is 6.92 Å². The first-order chi connectivity index (χ1) is 8.80. The molecule has 0 unspecified atom stereocenters. The Kier molecular flexibility index (Phi) is 4.88. The van der Waals surface area contributed by atoms with Gasteiger partial charge in [-0.25, -0.2) is 0 Å². The highest BCUT2D eigenvalue weighted by molar-refractivity contribution is 6.34. The summed E-state index contributed by atoms with van der Waals surface area (Å²) >= 11 is 5.90. The fourth-order valence-corrected chi connectivity index (χ4v) is 1.93. The van der Waals surface area contributed by atoms with Crippen molar-refractivity contribution in [2.75, 3.05) is 18.0 Å². The van der Waals surface area contributed by atoms with E-state index in [2.05, 4.69) is 5.16 Å². The van der Waals surface area contributed by atoms with Gasteiger partial charge >= 0.3 is 6.18 Å². The fourth-order valence-electron chi connectivity index (χ4n) is 1.66. The van der Waals surface area contributed by atoms with Gasteiger partial charge in [-0.15, -0.1) is 0 Å². The number of oxime groups is 1. The normalized spacial score (nSPS) is 12.6. The standard InChI is InChI=1S/C11H13ClF3N3O/c1-2-18(6-11(13,14)15)8-5-3-4-7(12)9(8)10(16)17-19/h3-5,19H,2,6H2,1H3,(H2,16,17). The third kappa shape index (κ3) is 3.92. The number of nitrogens with zero attached hydrogens (tertiary/aromatic N) is 2. The van der Waals surface area contributed by atoms with E-state index in [1.807, 2.05) is 0 Å². The molecule has 19 heavy (non-hydrogen) atoms. The zero-order valence-corrected chi connectivity index (χ0v) is 10.8. The van der Waals surface area contributed by atoms with Crippen molar-refractivity contribution in [2.24, 2.45) is 10.9 Å². The molecule has 3 N–H and O–H groups in total. The van der Waals surface area contributed by atoms with Crippen molar-refractivity contribution >= 4 is 23.1 Å². The number of amidine groups is 1. The Hall–Kier alpha value is -1.63. The van der Waals surface area contributed by atoms with E-state index in [-0.39, 0.29) is 28.7 Å². The van der Waals surface area contributed by atoms with Gasteiger partial charge in [0.1, 0.15) is 6.54 Å². The minimum atomic E-state index is -4.36. The molecule has 106 valence electrons. The van der Waals surface area contributed by atoms with E-state index in [0.29, 0.717) is 0 Å². The van der Waals surface area contributed by atoms with Gasteiger partial charge in [0.25, 0.3) is 0 Å². The van der Waals surface area contributed by atoms with Gasteiger partial charge in [-0.2, -0.15) is 13.2 Å². The molecule has 1 rings (SSSR count). The predicted octanol–water partition coefficient (Wildman–Crippen LogP) is 2.82. The van der Waals surface area contributed by atoms with Gasteiger partial charge in [-0.05, 0) is 19.1 Å². The smallest absolute Gasteiger partial charge is 0.405 e. The number of halogens is 4. The Labute approximate surface area is 113 Å². The minimum Gasteiger partial charge on any atom is -0.409 e. The van der Waals surface area contributed by atoms with Crippen LogP contribution >= 0.6 is 11.6 Å². The average molecular weight is 296 g/mol. The highest BCUT2D eigenvalue weighted by Gasteiger charge is 2.31. The van der Waals surface area contributed by atoms with Gasteiger partial charge in [0.2, 0.25) is 0 Å². The van der Waals surface area contributed by atoms with Crippen molar-refractivity contribution in [1.82, 2.24) is 0 Å². The summed E-state index contributed by atoms with van der Waals surface area (Å²) in [6, 6.07) is 4.40. The van der Waals surface area contributed by atoms with Crippen LogP contribution in [-0.2, 0) is 0 Å². The monoisotopic (exact) mass is 295 g/mol. The first-order valence-corrected chi connectivity index (χ1v) is 5.76. The Balaban J connectivity index is 3.28. The van der Waals surface area contributed by atoms with Crippen LogP contribution in [-0.4, -0.2) is 30.3 Å². The zero-order chi connectivity index (χ0) is 14.6. The molecule has 0 radical (unpaired) electrons. The zero-order valence-electron chi connectivity index (χ0n) is 10.1. The molecular formula is C11H13ClF3N3O. The van der Waals surface area contributed by atoms with Gasteiger partial charge < -0.3 is 15.8 Å². The van der Waals surface area contributed by atoms with Crippen LogP contribution in [0.4, 0.5) is 18.9 Å². The topological polar surface area (TPSA) is 61.8 Å². The Morgan fingerprint density at radius 1 is 1.47 bits per heavy atom. The summed E-state index contributed by atoms with van der Waals surface area (Å²) in [7, 11) is 0. The van der Waals surface area contributed by atoms with Gasteiger partial charge in [0.15, 0.2) is 5.84 Å². The van der Waals surface area contributed by atoms with E-state index >= 15 is 0 Å². The van der Waals surface area contributed by atoms with Crippen molar-refractivity contribution in [3.05, 3.63) is 28.8 Å². The quantitative estimate of drug-likeness (QED) is 0.389. The second kappa shape index (κ2) is 6.01. The maximum atomic E-state index is 12.5. The number of hydrogen-bond donors (Lipinski definition) is 2. The molecule has 1 aromatic carbocycles. The number of rotatable bonds is 4. The Morgan fingerprint density at radius 3 is 2.58 bits per heavy atom. The molecule has 0 spiro atoms. The summed E-state index contributed by atoms with van der Waals surface area (Å²) in [5, 5.41) is 11.6. The van der Waals surface area contributed by atoms with Crippen LogP contribution in [0.15, 0.2) is 23.4 Å². The first kappa shape index (κ1) is 15.4. The fraction of sp³-hybridized carbons (Fsp3) is 0.364. The molecule has 0 aliphatic carbocycles. The summed E-state index contributed by atoms with van der Waals surface area (Å²) in [5.41, 5.74) is 5.71. The van der Waals surface area contributed by atoms with Crippen LogP contribution in [0.25, 0.3) is 0 Å². The van der Waals surface area contributed by atoms with Gasteiger partial charge in [-0.1, -0.05) is 22.8 Å². The van der Waals surface area contributed by atoms with Crippen molar-refractivity contribution in [3.63, 3.8) is 0 Å². The summed E-state index contributed by atoms with van der Waals surface area (Å²) in [6.45, 7) is 0.532. The molecule has 0 aliphatic heterocycles. The molecule has 0 aliphatic rings. The van der Waals surface area contributed by atoms with Crippen LogP contribution < -0.4 is 10.6 Å². The molecule has 0 bridgehead atoms. The maximum absolute atomic E-state index is 12.5. The number of alkyl halides is 3. The molecule has 0 fully saturated rings. The average Bonchev–Trinajstić information content (AvgIpc) is 2.33. The summed E-state index contributed by atoms with van der Waals surface area (Å²) < 4.78 is 37.5. The maximum Gasteiger partial charge on any atom is 0.405 e. The van der Waals surface area contributed by atoms with Crippen LogP contribution in [0.1, 0.15) is 12.5 Å².